The number of nitrogens with one attached hydrogen (secondary N) is 2. The van der Waals surface area contributed by atoms with E-state index in [2.05, 4.69) is 10.6 Å². The van der Waals surface area contributed by atoms with Gasteiger partial charge >= 0.3 is 6.03 Å². The van der Waals surface area contributed by atoms with Crippen LogP contribution < -0.4 is 10.6 Å². The molecule has 0 aliphatic heterocycles. The molecule has 130 valence electrons. The molecule has 0 bridgehead atoms. The van der Waals surface area contributed by atoms with Crippen LogP contribution in [0, 0.1) is 0 Å². The van der Waals surface area contributed by atoms with Crippen molar-refractivity contribution >= 4 is 39.6 Å². The van der Waals surface area contributed by atoms with Gasteiger partial charge in [0.25, 0.3) is 0 Å². The van der Waals surface area contributed by atoms with Crippen molar-refractivity contribution in [2.24, 2.45) is 0 Å². The van der Waals surface area contributed by atoms with Gasteiger partial charge in [-0.1, -0.05) is 18.2 Å². The number of hydrogen-bond donors (Lipinski definition) is 2. The number of para-hydroxylation sites is 1. The zero-order valence-corrected chi connectivity index (χ0v) is 14.5. The summed E-state index contributed by atoms with van der Waals surface area (Å²) in [5.74, 6) is -0.194. The molecule has 2 N–H and O–H groups in total. The summed E-state index contributed by atoms with van der Waals surface area (Å²) >= 11 is 0. The molecule has 0 fully saturated rings. The Morgan fingerprint density at radius 2 is 1.80 bits per heavy atom. The van der Waals surface area contributed by atoms with E-state index in [1.54, 1.807) is 13.1 Å². The van der Waals surface area contributed by atoms with Gasteiger partial charge in [0.05, 0.1) is 0 Å². The molecule has 0 aliphatic rings. The van der Waals surface area contributed by atoms with E-state index >= 15 is 0 Å². The van der Waals surface area contributed by atoms with Crippen molar-refractivity contribution in [3.8, 4) is 0 Å². The third kappa shape index (κ3) is 3.74. The average Bonchev–Trinajstić information content (AvgIpc) is 2.91. The van der Waals surface area contributed by atoms with Crippen molar-refractivity contribution in [3.05, 3.63) is 42.5 Å². The number of benzene rings is 2. The molecule has 0 aliphatic carbocycles. The van der Waals surface area contributed by atoms with E-state index in [1.165, 1.54) is 4.90 Å². The van der Waals surface area contributed by atoms with Crippen LogP contribution in [0.1, 0.15) is 13.8 Å². The van der Waals surface area contributed by atoms with Gasteiger partial charge in [-0.15, -0.1) is 0 Å². The number of carbonyl (C=O) groups is 2. The van der Waals surface area contributed by atoms with Crippen LogP contribution in [0.25, 0.3) is 21.9 Å². The van der Waals surface area contributed by atoms with E-state index in [1.807, 2.05) is 50.2 Å². The number of likely N-dealkylation sites (N-methyl/N-ethyl adjacent to an activating group) is 1. The SMILES string of the molecule is CC(C)NC(=O)CN(C)C(=O)Nc1ccc2c(c1)oc1ccccc12. The van der Waals surface area contributed by atoms with Crippen LogP contribution in [-0.2, 0) is 4.79 Å². The van der Waals surface area contributed by atoms with Crippen molar-refractivity contribution in [2.75, 3.05) is 18.9 Å². The quantitative estimate of drug-likeness (QED) is 0.763. The number of furan rings is 1. The highest BCUT2D eigenvalue weighted by Gasteiger charge is 2.14. The molecule has 25 heavy (non-hydrogen) atoms. The predicted octanol–water partition coefficient (Wildman–Crippen LogP) is 3.57. The molecular formula is C19H21N3O3. The summed E-state index contributed by atoms with van der Waals surface area (Å²) in [5, 5.41) is 7.58. The Hall–Kier alpha value is -3.02. The van der Waals surface area contributed by atoms with Crippen LogP contribution >= 0.6 is 0 Å². The molecule has 2 aromatic carbocycles. The number of urea groups is 1. The van der Waals surface area contributed by atoms with Crippen LogP contribution in [0.15, 0.2) is 46.9 Å². The van der Waals surface area contributed by atoms with E-state index in [4.69, 9.17) is 4.42 Å². The van der Waals surface area contributed by atoms with Crippen LogP contribution in [0.2, 0.25) is 0 Å². The minimum absolute atomic E-state index is 0.00308. The first-order valence-corrected chi connectivity index (χ1v) is 8.17. The average molecular weight is 339 g/mol. The fourth-order valence-electron chi connectivity index (χ4n) is 2.68. The molecule has 0 radical (unpaired) electrons. The van der Waals surface area contributed by atoms with Crippen LogP contribution in [0.3, 0.4) is 0 Å². The van der Waals surface area contributed by atoms with E-state index in [0.29, 0.717) is 11.3 Å². The molecular weight excluding hydrogens is 318 g/mol. The van der Waals surface area contributed by atoms with Crippen molar-refractivity contribution in [1.29, 1.82) is 0 Å². The van der Waals surface area contributed by atoms with Crippen molar-refractivity contribution in [1.82, 2.24) is 10.2 Å². The first kappa shape index (κ1) is 16.8. The van der Waals surface area contributed by atoms with Gasteiger partial charge in [-0.05, 0) is 32.0 Å². The van der Waals surface area contributed by atoms with Crippen molar-refractivity contribution < 1.29 is 14.0 Å². The minimum Gasteiger partial charge on any atom is -0.456 e. The maximum Gasteiger partial charge on any atom is 0.322 e. The van der Waals surface area contributed by atoms with Gasteiger partial charge in [0, 0.05) is 35.6 Å². The number of hydrogen-bond acceptors (Lipinski definition) is 3. The van der Waals surface area contributed by atoms with Gasteiger partial charge in [0.1, 0.15) is 17.7 Å². The van der Waals surface area contributed by atoms with Crippen molar-refractivity contribution in [2.45, 2.75) is 19.9 Å². The van der Waals surface area contributed by atoms with E-state index < -0.39 is 0 Å². The lowest BCUT2D eigenvalue weighted by Gasteiger charge is -2.18. The largest absolute Gasteiger partial charge is 0.456 e. The predicted molar refractivity (Wildman–Crippen MR) is 98.6 cm³/mol. The number of anilines is 1. The maximum atomic E-state index is 12.2. The summed E-state index contributed by atoms with van der Waals surface area (Å²) in [5.41, 5.74) is 2.13. The second-order valence-corrected chi connectivity index (χ2v) is 6.32. The highest BCUT2D eigenvalue weighted by molar-refractivity contribution is 6.06. The zero-order valence-electron chi connectivity index (χ0n) is 14.5. The topological polar surface area (TPSA) is 74.6 Å². The molecule has 1 heterocycles. The van der Waals surface area contributed by atoms with E-state index in [-0.39, 0.29) is 24.5 Å². The minimum atomic E-state index is -0.352. The van der Waals surface area contributed by atoms with Crippen LogP contribution in [-0.4, -0.2) is 36.5 Å². The summed E-state index contributed by atoms with van der Waals surface area (Å²) in [7, 11) is 1.58. The van der Waals surface area contributed by atoms with Gasteiger partial charge in [0.15, 0.2) is 0 Å². The Morgan fingerprint density at radius 3 is 2.56 bits per heavy atom. The summed E-state index contributed by atoms with van der Waals surface area (Å²) in [4.78, 5) is 25.3. The van der Waals surface area contributed by atoms with Crippen LogP contribution in [0.5, 0.6) is 0 Å². The summed E-state index contributed by atoms with van der Waals surface area (Å²) in [6.07, 6.45) is 0. The second kappa shape index (κ2) is 6.84. The number of amides is 3. The van der Waals surface area contributed by atoms with E-state index in [0.717, 1.165) is 16.4 Å². The van der Waals surface area contributed by atoms with Gasteiger partial charge in [-0.3, -0.25) is 4.79 Å². The Labute approximate surface area is 145 Å². The second-order valence-electron chi connectivity index (χ2n) is 6.32. The highest BCUT2D eigenvalue weighted by atomic mass is 16.3. The maximum absolute atomic E-state index is 12.2. The van der Waals surface area contributed by atoms with Gasteiger partial charge < -0.3 is 20.0 Å². The van der Waals surface area contributed by atoms with Gasteiger partial charge in [-0.25, -0.2) is 4.79 Å². The highest BCUT2D eigenvalue weighted by Crippen LogP contribution is 2.30. The number of carbonyl (C=O) groups excluding carboxylic acids is 2. The first-order chi connectivity index (χ1) is 11.9. The van der Waals surface area contributed by atoms with Crippen molar-refractivity contribution in [3.63, 3.8) is 0 Å². The standard InChI is InChI=1S/C19H21N3O3/c1-12(2)20-18(23)11-22(3)19(24)21-13-8-9-15-14-6-4-5-7-16(14)25-17(15)10-13/h4-10,12H,11H2,1-3H3,(H,20,23)(H,21,24). The fraction of sp³-hybridized carbons (Fsp3) is 0.263. The molecule has 0 saturated heterocycles. The van der Waals surface area contributed by atoms with E-state index in [9.17, 15) is 9.59 Å². The summed E-state index contributed by atoms with van der Waals surface area (Å²) < 4.78 is 5.81. The lowest BCUT2D eigenvalue weighted by molar-refractivity contribution is -0.121. The lowest BCUT2D eigenvalue weighted by Crippen LogP contribution is -2.42. The monoisotopic (exact) mass is 339 g/mol. The molecule has 3 aromatic rings. The Bertz CT molecular complexity index is 930. The van der Waals surface area contributed by atoms with Gasteiger partial charge in [0.2, 0.25) is 5.91 Å². The van der Waals surface area contributed by atoms with Crippen LogP contribution in [0.4, 0.5) is 10.5 Å². The summed E-state index contributed by atoms with van der Waals surface area (Å²) in [6.45, 7) is 3.75. The fourth-order valence-corrected chi connectivity index (χ4v) is 2.68. The summed E-state index contributed by atoms with van der Waals surface area (Å²) in [6, 6.07) is 13.0. The Kier molecular flexibility index (Phi) is 4.61. The zero-order chi connectivity index (χ0) is 18.0. The molecule has 3 rings (SSSR count). The normalized spacial score (nSPS) is 11.0. The molecule has 1 aromatic heterocycles. The third-order valence-electron chi connectivity index (χ3n) is 3.81. The first-order valence-electron chi connectivity index (χ1n) is 8.17. The van der Waals surface area contributed by atoms with Gasteiger partial charge in [-0.2, -0.15) is 0 Å². The molecule has 6 nitrogen and oxygen atoms in total. The molecule has 0 atom stereocenters. The Morgan fingerprint density at radius 1 is 1.08 bits per heavy atom. The Balaban J connectivity index is 1.72. The number of rotatable bonds is 4. The number of nitrogens with zero attached hydrogens (tertiary/aromatic N) is 1. The lowest BCUT2D eigenvalue weighted by atomic mass is 10.1. The molecule has 0 spiro atoms. The smallest absolute Gasteiger partial charge is 0.322 e. The number of fused-ring (bicyclic) bond motifs is 3. The third-order valence-corrected chi connectivity index (χ3v) is 3.81. The molecule has 0 saturated carbocycles. The molecule has 6 heteroatoms. The molecule has 3 amide bonds. The molecule has 0 unspecified atom stereocenters.